The molecule has 3 rings (SSSR count). The molecule has 1 aromatic carbocycles. The molecule has 1 saturated carbocycles. The fraction of sp³-hybridized carbons (Fsp3) is 0.632. The molecular formula is C19H25F3N2O3S. The number of benzene rings is 1. The van der Waals surface area contributed by atoms with Crippen molar-refractivity contribution in [2.24, 2.45) is 5.92 Å². The number of rotatable bonds is 3. The molecule has 1 aromatic rings. The van der Waals surface area contributed by atoms with E-state index in [1.165, 1.54) is 23.4 Å². The summed E-state index contributed by atoms with van der Waals surface area (Å²) in [7, 11) is -4.04. The molecule has 2 aliphatic rings. The molecule has 0 bridgehead atoms. The van der Waals surface area contributed by atoms with Crippen LogP contribution in [0.5, 0.6) is 0 Å². The molecule has 5 nitrogen and oxygen atoms in total. The van der Waals surface area contributed by atoms with Gasteiger partial charge in [-0.3, -0.25) is 4.79 Å². The number of carbonyl (C=O) groups is 1. The van der Waals surface area contributed by atoms with Crippen LogP contribution in [-0.2, 0) is 21.0 Å². The fourth-order valence-electron chi connectivity index (χ4n) is 3.97. The molecule has 0 spiro atoms. The lowest BCUT2D eigenvalue weighted by molar-refractivity contribution is -0.138. The number of hydrogen-bond acceptors (Lipinski definition) is 3. The molecule has 156 valence electrons. The summed E-state index contributed by atoms with van der Waals surface area (Å²) in [5, 5.41) is 0. The third kappa shape index (κ3) is 4.35. The summed E-state index contributed by atoms with van der Waals surface area (Å²) in [6.07, 6.45) is 0.369. The first-order chi connectivity index (χ1) is 13.1. The van der Waals surface area contributed by atoms with Gasteiger partial charge in [-0.25, -0.2) is 8.42 Å². The third-order valence-electron chi connectivity index (χ3n) is 5.66. The predicted molar refractivity (Wildman–Crippen MR) is 98.1 cm³/mol. The maximum absolute atomic E-state index is 13.1. The Labute approximate surface area is 163 Å². The first kappa shape index (κ1) is 21.1. The minimum Gasteiger partial charge on any atom is -0.340 e. The lowest BCUT2D eigenvalue weighted by Gasteiger charge is -2.36. The van der Waals surface area contributed by atoms with E-state index in [0.29, 0.717) is 6.07 Å². The molecule has 1 aliphatic carbocycles. The molecule has 0 atom stereocenters. The van der Waals surface area contributed by atoms with Crippen LogP contribution in [0.15, 0.2) is 23.1 Å². The Morgan fingerprint density at radius 3 is 2.21 bits per heavy atom. The van der Waals surface area contributed by atoms with Crippen LogP contribution >= 0.6 is 0 Å². The summed E-state index contributed by atoms with van der Waals surface area (Å²) in [6, 6.07) is 3.09. The van der Waals surface area contributed by atoms with Crippen molar-refractivity contribution in [3.63, 3.8) is 0 Å². The van der Waals surface area contributed by atoms with E-state index in [2.05, 4.69) is 0 Å². The van der Waals surface area contributed by atoms with Crippen molar-refractivity contribution < 1.29 is 26.4 Å². The van der Waals surface area contributed by atoms with E-state index >= 15 is 0 Å². The standard InChI is InChI=1S/C19H25F3N2O3S/c1-14-7-8-16(13-17(14)19(20,21)22)28(26,27)24-11-9-23(10-12-24)18(25)15-5-3-2-4-6-15/h7-8,13,15H,2-6,9-12H2,1H3. The second kappa shape index (κ2) is 8.02. The second-order valence-electron chi connectivity index (χ2n) is 7.54. The van der Waals surface area contributed by atoms with Gasteiger partial charge in [0.15, 0.2) is 0 Å². The molecule has 0 radical (unpaired) electrons. The van der Waals surface area contributed by atoms with Crippen LogP contribution in [0.4, 0.5) is 13.2 Å². The number of hydrogen-bond donors (Lipinski definition) is 0. The number of piperazine rings is 1. The van der Waals surface area contributed by atoms with Gasteiger partial charge in [-0.05, 0) is 37.5 Å². The van der Waals surface area contributed by atoms with E-state index in [4.69, 9.17) is 0 Å². The van der Waals surface area contributed by atoms with Gasteiger partial charge in [-0.15, -0.1) is 0 Å². The Morgan fingerprint density at radius 2 is 1.64 bits per heavy atom. The quantitative estimate of drug-likeness (QED) is 0.756. The average molecular weight is 418 g/mol. The van der Waals surface area contributed by atoms with Crippen LogP contribution in [0.1, 0.15) is 43.2 Å². The average Bonchev–Trinajstić information content (AvgIpc) is 2.67. The Hall–Kier alpha value is -1.61. The molecule has 9 heteroatoms. The number of sulfonamides is 1. The number of amides is 1. The minimum absolute atomic E-state index is 0.0170. The lowest BCUT2D eigenvalue weighted by atomic mass is 9.88. The van der Waals surface area contributed by atoms with Crippen LogP contribution in [-0.4, -0.2) is 49.7 Å². The van der Waals surface area contributed by atoms with E-state index < -0.39 is 21.8 Å². The summed E-state index contributed by atoms with van der Waals surface area (Å²) in [5.74, 6) is 0.0924. The maximum atomic E-state index is 13.1. The number of aryl methyl sites for hydroxylation is 1. The van der Waals surface area contributed by atoms with Gasteiger partial charge in [0.05, 0.1) is 10.5 Å². The van der Waals surface area contributed by atoms with E-state index in [1.54, 1.807) is 4.90 Å². The van der Waals surface area contributed by atoms with E-state index in [9.17, 15) is 26.4 Å². The van der Waals surface area contributed by atoms with Gasteiger partial charge in [-0.2, -0.15) is 17.5 Å². The number of carbonyl (C=O) groups excluding carboxylic acids is 1. The van der Waals surface area contributed by atoms with Gasteiger partial charge in [0.1, 0.15) is 0 Å². The molecule has 0 N–H and O–H groups in total. The highest BCUT2D eigenvalue weighted by Crippen LogP contribution is 2.34. The summed E-state index contributed by atoms with van der Waals surface area (Å²) < 4.78 is 66.2. The lowest BCUT2D eigenvalue weighted by Crippen LogP contribution is -2.52. The largest absolute Gasteiger partial charge is 0.416 e. The van der Waals surface area contributed by atoms with E-state index in [1.807, 2.05) is 0 Å². The minimum atomic E-state index is -4.61. The van der Waals surface area contributed by atoms with Crippen molar-refractivity contribution >= 4 is 15.9 Å². The van der Waals surface area contributed by atoms with Crippen LogP contribution in [0.3, 0.4) is 0 Å². The highest BCUT2D eigenvalue weighted by Gasteiger charge is 2.36. The van der Waals surface area contributed by atoms with Gasteiger partial charge < -0.3 is 4.90 Å². The zero-order valence-electron chi connectivity index (χ0n) is 15.8. The Kier molecular flexibility index (Phi) is 6.05. The molecular weight excluding hydrogens is 393 g/mol. The third-order valence-corrected chi connectivity index (χ3v) is 7.55. The van der Waals surface area contributed by atoms with E-state index in [-0.39, 0.29) is 48.5 Å². The molecule has 1 saturated heterocycles. The Morgan fingerprint density at radius 1 is 1.04 bits per heavy atom. The van der Waals surface area contributed by atoms with Crippen molar-refractivity contribution in [1.82, 2.24) is 9.21 Å². The van der Waals surface area contributed by atoms with Crippen molar-refractivity contribution in [3.8, 4) is 0 Å². The molecule has 28 heavy (non-hydrogen) atoms. The van der Waals surface area contributed by atoms with E-state index in [0.717, 1.165) is 32.1 Å². The van der Waals surface area contributed by atoms with Crippen LogP contribution in [0.25, 0.3) is 0 Å². The topological polar surface area (TPSA) is 57.7 Å². The molecule has 1 aliphatic heterocycles. The number of halogens is 3. The molecule has 0 aromatic heterocycles. The Balaban J connectivity index is 1.70. The molecule has 0 unspecified atom stereocenters. The zero-order valence-corrected chi connectivity index (χ0v) is 16.7. The maximum Gasteiger partial charge on any atom is 0.416 e. The summed E-state index contributed by atoms with van der Waals surface area (Å²) in [4.78, 5) is 13.9. The van der Waals surface area contributed by atoms with Crippen LogP contribution in [0, 0.1) is 12.8 Å². The van der Waals surface area contributed by atoms with Gasteiger partial charge in [0.25, 0.3) is 0 Å². The molecule has 1 heterocycles. The first-order valence-corrected chi connectivity index (χ1v) is 11.0. The first-order valence-electron chi connectivity index (χ1n) is 9.57. The number of alkyl halides is 3. The van der Waals surface area contributed by atoms with Crippen LogP contribution in [0.2, 0.25) is 0 Å². The Bertz CT molecular complexity index is 825. The predicted octanol–water partition coefficient (Wildman–Crippen LogP) is 3.43. The highest BCUT2D eigenvalue weighted by atomic mass is 32.2. The molecule has 1 amide bonds. The van der Waals surface area contributed by atoms with Crippen LogP contribution < -0.4 is 0 Å². The highest BCUT2D eigenvalue weighted by molar-refractivity contribution is 7.89. The SMILES string of the molecule is Cc1ccc(S(=O)(=O)N2CCN(C(=O)C3CCCCC3)CC2)cc1C(F)(F)F. The van der Waals surface area contributed by atoms with Gasteiger partial charge in [0.2, 0.25) is 15.9 Å². The van der Waals surface area contributed by atoms with Gasteiger partial charge in [0, 0.05) is 32.1 Å². The van der Waals surface area contributed by atoms with Crippen molar-refractivity contribution in [1.29, 1.82) is 0 Å². The summed E-state index contributed by atoms with van der Waals surface area (Å²) in [6.45, 7) is 2.03. The fourth-order valence-corrected chi connectivity index (χ4v) is 5.42. The van der Waals surface area contributed by atoms with Crippen molar-refractivity contribution in [2.45, 2.75) is 50.1 Å². The van der Waals surface area contributed by atoms with Crippen molar-refractivity contribution in [2.75, 3.05) is 26.2 Å². The zero-order chi connectivity index (χ0) is 20.5. The smallest absolute Gasteiger partial charge is 0.340 e. The number of nitrogens with zero attached hydrogens (tertiary/aromatic N) is 2. The van der Waals surface area contributed by atoms with Gasteiger partial charge in [-0.1, -0.05) is 25.3 Å². The van der Waals surface area contributed by atoms with Crippen molar-refractivity contribution in [3.05, 3.63) is 29.3 Å². The monoisotopic (exact) mass is 418 g/mol. The second-order valence-corrected chi connectivity index (χ2v) is 9.48. The summed E-state index contributed by atoms with van der Waals surface area (Å²) in [5.41, 5.74) is -0.964. The molecule has 2 fully saturated rings. The summed E-state index contributed by atoms with van der Waals surface area (Å²) >= 11 is 0. The van der Waals surface area contributed by atoms with Gasteiger partial charge >= 0.3 is 6.18 Å². The normalized spacial score (nSPS) is 20.4.